The molecule has 0 unspecified atom stereocenters. The number of amides is 1. The first-order chi connectivity index (χ1) is 9.47. The topological polar surface area (TPSA) is 71.5 Å². The standard InChI is InChI=1S/C15H19N3O2/c1-10-4-6-12(20-10)9-17-14-7-5-11(8-13(14)16)15(19)18(2)3/h4-8,17H,9,16H2,1-3H3. The van der Waals surface area contributed by atoms with Crippen molar-refractivity contribution in [3.63, 3.8) is 0 Å². The number of aryl methyl sites for hydroxylation is 1. The summed E-state index contributed by atoms with van der Waals surface area (Å²) in [6, 6.07) is 9.08. The third kappa shape index (κ3) is 3.12. The first-order valence-corrected chi connectivity index (χ1v) is 6.37. The number of benzene rings is 1. The minimum Gasteiger partial charge on any atom is -0.465 e. The predicted molar refractivity (Wildman–Crippen MR) is 79.6 cm³/mol. The molecule has 0 atom stereocenters. The van der Waals surface area contributed by atoms with Crippen LogP contribution in [-0.4, -0.2) is 24.9 Å². The van der Waals surface area contributed by atoms with E-state index in [2.05, 4.69) is 5.32 Å². The van der Waals surface area contributed by atoms with E-state index in [4.69, 9.17) is 10.2 Å². The molecule has 0 saturated heterocycles. The Hall–Kier alpha value is -2.43. The van der Waals surface area contributed by atoms with Crippen LogP contribution in [-0.2, 0) is 6.54 Å². The number of nitrogens with one attached hydrogen (secondary N) is 1. The zero-order valence-corrected chi connectivity index (χ0v) is 11.9. The molecule has 0 spiro atoms. The zero-order valence-electron chi connectivity index (χ0n) is 11.9. The van der Waals surface area contributed by atoms with Crippen molar-refractivity contribution >= 4 is 17.3 Å². The SMILES string of the molecule is Cc1ccc(CNc2ccc(C(=O)N(C)C)cc2N)o1. The number of furan rings is 1. The molecule has 5 heteroatoms. The highest BCUT2D eigenvalue weighted by atomic mass is 16.3. The summed E-state index contributed by atoms with van der Waals surface area (Å²) in [5.74, 6) is 1.65. The Morgan fingerprint density at radius 2 is 2.05 bits per heavy atom. The van der Waals surface area contributed by atoms with E-state index in [-0.39, 0.29) is 5.91 Å². The monoisotopic (exact) mass is 273 g/mol. The van der Waals surface area contributed by atoms with Gasteiger partial charge in [0.05, 0.1) is 17.9 Å². The van der Waals surface area contributed by atoms with Crippen LogP contribution >= 0.6 is 0 Å². The number of anilines is 2. The van der Waals surface area contributed by atoms with Crippen molar-refractivity contribution in [2.75, 3.05) is 25.1 Å². The summed E-state index contributed by atoms with van der Waals surface area (Å²) in [5, 5.41) is 3.19. The number of nitrogens with two attached hydrogens (primary N) is 1. The number of nitrogens with zero attached hydrogens (tertiary/aromatic N) is 1. The summed E-state index contributed by atoms with van der Waals surface area (Å²) in [6.07, 6.45) is 0. The van der Waals surface area contributed by atoms with Gasteiger partial charge in [-0.2, -0.15) is 0 Å². The van der Waals surface area contributed by atoms with Crippen molar-refractivity contribution in [1.29, 1.82) is 0 Å². The van der Waals surface area contributed by atoms with Crippen molar-refractivity contribution in [1.82, 2.24) is 4.90 Å². The van der Waals surface area contributed by atoms with Crippen molar-refractivity contribution in [2.45, 2.75) is 13.5 Å². The smallest absolute Gasteiger partial charge is 0.253 e. The van der Waals surface area contributed by atoms with E-state index in [1.165, 1.54) is 4.90 Å². The van der Waals surface area contributed by atoms with Crippen LogP contribution in [0, 0.1) is 6.92 Å². The lowest BCUT2D eigenvalue weighted by Gasteiger charge is -2.13. The summed E-state index contributed by atoms with van der Waals surface area (Å²) < 4.78 is 5.47. The van der Waals surface area contributed by atoms with Gasteiger partial charge in [0, 0.05) is 19.7 Å². The van der Waals surface area contributed by atoms with Crippen LogP contribution in [0.4, 0.5) is 11.4 Å². The van der Waals surface area contributed by atoms with Gasteiger partial charge in [0.25, 0.3) is 5.91 Å². The van der Waals surface area contributed by atoms with Crippen molar-refractivity contribution in [3.05, 3.63) is 47.4 Å². The van der Waals surface area contributed by atoms with Gasteiger partial charge in [0.1, 0.15) is 11.5 Å². The lowest BCUT2D eigenvalue weighted by atomic mass is 10.1. The van der Waals surface area contributed by atoms with Gasteiger partial charge in [-0.25, -0.2) is 0 Å². The van der Waals surface area contributed by atoms with Gasteiger partial charge in [0.15, 0.2) is 0 Å². The quantitative estimate of drug-likeness (QED) is 0.839. The van der Waals surface area contributed by atoms with Gasteiger partial charge >= 0.3 is 0 Å². The van der Waals surface area contributed by atoms with Crippen molar-refractivity contribution in [2.24, 2.45) is 0 Å². The number of carbonyl (C=O) groups excluding carboxylic acids is 1. The summed E-state index contributed by atoms with van der Waals surface area (Å²) in [6.45, 7) is 2.46. The molecule has 0 radical (unpaired) electrons. The first-order valence-electron chi connectivity index (χ1n) is 6.37. The molecule has 0 fully saturated rings. The van der Waals surface area contributed by atoms with E-state index in [1.54, 1.807) is 26.2 Å². The minimum atomic E-state index is -0.0649. The summed E-state index contributed by atoms with van der Waals surface area (Å²) >= 11 is 0. The van der Waals surface area contributed by atoms with Crippen LogP contribution in [0.2, 0.25) is 0 Å². The van der Waals surface area contributed by atoms with E-state index in [0.29, 0.717) is 17.8 Å². The zero-order chi connectivity index (χ0) is 14.7. The average Bonchev–Trinajstić information content (AvgIpc) is 2.82. The molecule has 2 aromatic rings. The van der Waals surface area contributed by atoms with Crippen molar-refractivity contribution < 1.29 is 9.21 Å². The molecule has 0 aliphatic heterocycles. The van der Waals surface area contributed by atoms with E-state index >= 15 is 0 Å². The van der Waals surface area contributed by atoms with E-state index in [0.717, 1.165) is 17.2 Å². The molecule has 1 amide bonds. The number of carbonyl (C=O) groups is 1. The molecule has 0 saturated carbocycles. The second-order valence-electron chi connectivity index (χ2n) is 4.87. The second-order valence-corrected chi connectivity index (χ2v) is 4.87. The van der Waals surface area contributed by atoms with E-state index < -0.39 is 0 Å². The molecular weight excluding hydrogens is 254 g/mol. The number of nitrogen functional groups attached to an aromatic ring is 1. The predicted octanol–water partition coefficient (Wildman–Crippen LogP) is 2.48. The Labute approximate surface area is 118 Å². The minimum absolute atomic E-state index is 0.0649. The van der Waals surface area contributed by atoms with Gasteiger partial charge in [-0.15, -0.1) is 0 Å². The molecule has 20 heavy (non-hydrogen) atoms. The van der Waals surface area contributed by atoms with E-state index in [9.17, 15) is 4.79 Å². The molecule has 1 aromatic carbocycles. The molecule has 0 aliphatic carbocycles. The third-order valence-electron chi connectivity index (χ3n) is 2.95. The maximum absolute atomic E-state index is 11.8. The summed E-state index contributed by atoms with van der Waals surface area (Å²) in [7, 11) is 3.42. The Kier molecular flexibility index (Phi) is 3.98. The Morgan fingerprint density at radius 1 is 1.30 bits per heavy atom. The molecule has 5 nitrogen and oxygen atoms in total. The Balaban J connectivity index is 2.08. The fourth-order valence-electron chi connectivity index (χ4n) is 1.88. The lowest BCUT2D eigenvalue weighted by molar-refractivity contribution is 0.0827. The molecule has 2 rings (SSSR count). The molecule has 0 bridgehead atoms. The van der Waals surface area contributed by atoms with Crippen LogP contribution in [0.15, 0.2) is 34.7 Å². The van der Waals surface area contributed by atoms with Gasteiger partial charge < -0.3 is 20.4 Å². The maximum Gasteiger partial charge on any atom is 0.253 e. The van der Waals surface area contributed by atoms with Crippen LogP contribution in [0.1, 0.15) is 21.9 Å². The molecule has 3 N–H and O–H groups in total. The highest BCUT2D eigenvalue weighted by Gasteiger charge is 2.10. The maximum atomic E-state index is 11.8. The molecule has 1 aromatic heterocycles. The summed E-state index contributed by atoms with van der Waals surface area (Å²) in [5.41, 5.74) is 7.87. The van der Waals surface area contributed by atoms with Gasteiger partial charge in [-0.3, -0.25) is 4.79 Å². The Bertz CT molecular complexity index is 617. The largest absolute Gasteiger partial charge is 0.465 e. The van der Waals surface area contributed by atoms with Crippen LogP contribution in [0.3, 0.4) is 0 Å². The van der Waals surface area contributed by atoms with Gasteiger partial charge in [0.2, 0.25) is 0 Å². The first kappa shape index (κ1) is 14.0. The van der Waals surface area contributed by atoms with Crippen molar-refractivity contribution in [3.8, 4) is 0 Å². The van der Waals surface area contributed by atoms with E-state index in [1.807, 2.05) is 25.1 Å². The van der Waals surface area contributed by atoms with Crippen LogP contribution < -0.4 is 11.1 Å². The lowest BCUT2D eigenvalue weighted by Crippen LogP contribution is -2.21. The highest BCUT2D eigenvalue weighted by molar-refractivity contribution is 5.95. The van der Waals surface area contributed by atoms with Crippen LogP contribution in [0.5, 0.6) is 0 Å². The fraction of sp³-hybridized carbons (Fsp3) is 0.267. The number of rotatable bonds is 4. The molecule has 0 aliphatic rings. The molecular formula is C15H19N3O2. The molecule has 106 valence electrons. The number of hydrogen-bond donors (Lipinski definition) is 2. The van der Waals surface area contributed by atoms with Gasteiger partial charge in [-0.05, 0) is 37.3 Å². The fourth-order valence-corrected chi connectivity index (χ4v) is 1.88. The second kappa shape index (κ2) is 5.69. The normalized spacial score (nSPS) is 10.3. The average molecular weight is 273 g/mol. The third-order valence-corrected chi connectivity index (χ3v) is 2.95. The van der Waals surface area contributed by atoms with Gasteiger partial charge in [-0.1, -0.05) is 0 Å². The summed E-state index contributed by atoms with van der Waals surface area (Å²) in [4.78, 5) is 13.3. The van der Waals surface area contributed by atoms with Crippen LogP contribution in [0.25, 0.3) is 0 Å². The Morgan fingerprint density at radius 3 is 2.60 bits per heavy atom. The highest BCUT2D eigenvalue weighted by Crippen LogP contribution is 2.21. The number of hydrogen-bond acceptors (Lipinski definition) is 4. The molecule has 1 heterocycles.